The maximum Gasteiger partial charge on any atom is 0.312 e. The van der Waals surface area contributed by atoms with Crippen LogP contribution in [0.5, 0.6) is 0 Å². The van der Waals surface area contributed by atoms with Gasteiger partial charge in [-0.25, -0.2) is 0 Å². The lowest BCUT2D eigenvalue weighted by molar-refractivity contribution is -0.151. The Balaban J connectivity index is 1.24. The van der Waals surface area contributed by atoms with Crippen molar-refractivity contribution in [2.75, 3.05) is 39.3 Å². The van der Waals surface area contributed by atoms with Crippen molar-refractivity contribution in [3.8, 4) is 0 Å². The van der Waals surface area contributed by atoms with Crippen LogP contribution in [0.15, 0.2) is 30.3 Å². The Kier molecular flexibility index (Phi) is 5.81. The van der Waals surface area contributed by atoms with Crippen LogP contribution in [0, 0.1) is 5.41 Å². The van der Waals surface area contributed by atoms with Gasteiger partial charge < -0.3 is 14.7 Å². The first-order chi connectivity index (χ1) is 13.1. The zero-order chi connectivity index (χ0) is 18.7. The van der Waals surface area contributed by atoms with Crippen molar-refractivity contribution in [2.24, 2.45) is 5.41 Å². The molecule has 5 heteroatoms. The van der Waals surface area contributed by atoms with Gasteiger partial charge in [0.2, 0.25) is 0 Å². The van der Waals surface area contributed by atoms with Gasteiger partial charge >= 0.3 is 5.97 Å². The Morgan fingerprint density at radius 2 is 1.74 bits per heavy atom. The second-order valence-electron chi connectivity index (χ2n) is 8.62. The van der Waals surface area contributed by atoms with E-state index in [0.29, 0.717) is 0 Å². The number of carbonyl (C=O) groups is 1. The molecular weight excluding hydrogens is 340 g/mol. The van der Waals surface area contributed by atoms with Crippen LogP contribution in [-0.2, 0) is 16.0 Å². The molecule has 0 aliphatic carbocycles. The van der Waals surface area contributed by atoms with Crippen molar-refractivity contribution >= 4 is 5.97 Å². The molecule has 27 heavy (non-hydrogen) atoms. The van der Waals surface area contributed by atoms with E-state index >= 15 is 0 Å². The maximum absolute atomic E-state index is 12.6. The number of nitrogens with zero attached hydrogens (tertiary/aromatic N) is 2. The largest absolute Gasteiger partial charge is 0.461 e. The molecule has 1 aromatic rings. The molecule has 0 aromatic heterocycles. The maximum atomic E-state index is 12.6. The number of rotatable bonds is 5. The zero-order valence-electron chi connectivity index (χ0n) is 16.2. The van der Waals surface area contributed by atoms with E-state index in [2.05, 4.69) is 40.1 Å². The molecule has 3 fully saturated rings. The number of hydrogen-bond donors (Lipinski definition) is 1. The van der Waals surface area contributed by atoms with Gasteiger partial charge in [0.15, 0.2) is 0 Å². The minimum absolute atomic E-state index is 0.0311. The highest BCUT2D eigenvalue weighted by Crippen LogP contribution is 2.43. The molecule has 0 bridgehead atoms. The molecule has 0 saturated carbocycles. The average Bonchev–Trinajstić information content (AvgIpc) is 2.99. The number of aliphatic hydroxyl groups excluding tert-OH is 1. The first kappa shape index (κ1) is 18.9. The van der Waals surface area contributed by atoms with Crippen LogP contribution in [0.25, 0.3) is 0 Å². The van der Waals surface area contributed by atoms with Gasteiger partial charge in [0.25, 0.3) is 0 Å². The fraction of sp³-hybridized carbons (Fsp3) is 0.682. The Hall–Kier alpha value is -1.43. The average molecular weight is 373 g/mol. The fourth-order valence-corrected chi connectivity index (χ4v) is 4.87. The van der Waals surface area contributed by atoms with Crippen molar-refractivity contribution < 1.29 is 14.6 Å². The number of esters is 1. The first-order valence-electron chi connectivity index (χ1n) is 10.5. The lowest BCUT2D eigenvalue weighted by atomic mass is 9.76. The van der Waals surface area contributed by atoms with E-state index in [-0.39, 0.29) is 23.6 Å². The van der Waals surface area contributed by atoms with Gasteiger partial charge in [-0.3, -0.25) is 9.69 Å². The Labute approximate surface area is 162 Å². The number of carbonyl (C=O) groups excluding carboxylic acids is 1. The Morgan fingerprint density at radius 3 is 2.44 bits per heavy atom. The van der Waals surface area contributed by atoms with Crippen LogP contribution < -0.4 is 0 Å². The summed E-state index contributed by atoms with van der Waals surface area (Å²) in [5, 5.41) is 9.65. The van der Waals surface area contributed by atoms with Gasteiger partial charge in [0, 0.05) is 32.6 Å². The highest BCUT2D eigenvalue weighted by atomic mass is 16.6. The lowest BCUT2D eigenvalue weighted by Crippen LogP contribution is -2.43. The molecule has 4 rings (SSSR count). The molecule has 3 saturated heterocycles. The SMILES string of the molecule is O=C1OC(CN2CCC(O)CC2)CC12CCN(CCc1ccccc1)CC2. The number of benzene rings is 1. The highest BCUT2D eigenvalue weighted by Gasteiger charge is 2.50. The molecule has 3 aliphatic rings. The molecule has 1 spiro atoms. The second kappa shape index (κ2) is 8.29. The third-order valence-electron chi connectivity index (χ3n) is 6.72. The molecule has 3 heterocycles. The minimum atomic E-state index is -0.247. The Morgan fingerprint density at radius 1 is 1.04 bits per heavy atom. The van der Waals surface area contributed by atoms with Crippen LogP contribution in [0.4, 0.5) is 0 Å². The molecule has 148 valence electrons. The van der Waals surface area contributed by atoms with Crippen molar-refractivity contribution in [3.63, 3.8) is 0 Å². The third kappa shape index (κ3) is 4.53. The quantitative estimate of drug-likeness (QED) is 0.802. The summed E-state index contributed by atoms with van der Waals surface area (Å²) < 4.78 is 5.79. The normalized spacial score (nSPS) is 27.1. The van der Waals surface area contributed by atoms with Crippen LogP contribution in [0.2, 0.25) is 0 Å². The number of ether oxygens (including phenoxy) is 1. The third-order valence-corrected chi connectivity index (χ3v) is 6.72. The molecule has 5 nitrogen and oxygen atoms in total. The summed E-state index contributed by atoms with van der Waals surface area (Å²) in [6, 6.07) is 10.6. The van der Waals surface area contributed by atoms with E-state index in [1.165, 1.54) is 5.56 Å². The number of hydrogen-bond acceptors (Lipinski definition) is 5. The van der Waals surface area contributed by atoms with E-state index in [0.717, 1.165) is 77.8 Å². The summed E-state index contributed by atoms with van der Waals surface area (Å²) in [5.41, 5.74) is 1.13. The van der Waals surface area contributed by atoms with Gasteiger partial charge in [-0.15, -0.1) is 0 Å². The van der Waals surface area contributed by atoms with E-state index in [1.54, 1.807) is 0 Å². The number of likely N-dealkylation sites (tertiary alicyclic amines) is 2. The van der Waals surface area contributed by atoms with E-state index < -0.39 is 0 Å². The van der Waals surface area contributed by atoms with E-state index in [4.69, 9.17) is 4.74 Å². The van der Waals surface area contributed by atoms with Crippen LogP contribution >= 0.6 is 0 Å². The predicted octanol–water partition coefficient (Wildman–Crippen LogP) is 2.08. The lowest BCUT2D eigenvalue weighted by Gasteiger charge is -2.36. The summed E-state index contributed by atoms with van der Waals surface area (Å²) >= 11 is 0. The summed E-state index contributed by atoms with van der Waals surface area (Å²) in [5.74, 6) is 0.0345. The van der Waals surface area contributed by atoms with Crippen LogP contribution in [-0.4, -0.2) is 72.4 Å². The van der Waals surface area contributed by atoms with Crippen molar-refractivity contribution in [1.29, 1.82) is 0 Å². The van der Waals surface area contributed by atoms with Crippen molar-refractivity contribution in [2.45, 2.75) is 50.7 Å². The molecular formula is C22H32N2O3. The summed E-state index contributed by atoms with van der Waals surface area (Å²) in [6.45, 7) is 5.70. The van der Waals surface area contributed by atoms with Gasteiger partial charge in [0.1, 0.15) is 6.10 Å². The van der Waals surface area contributed by atoms with Gasteiger partial charge in [-0.2, -0.15) is 0 Å². The van der Waals surface area contributed by atoms with Gasteiger partial charge in [-0.05, 0) is 50.8 Å². The monoisotopic (exact) mass is 372 g/mol. The van der Waals surface area contributed by atoms with E-state index in [9.17, 15) is 9.90 Å². The topological polar surface area (TPSA) is 53.0 Å². The van der Waals surface area contributed by atoms with Gasteiger partial charge in [0.05, 0.1) is 11.5 Å². The smallest absolute Gasteiger partial charge is 0.312 e. The molecule has 3 aliphatic heterocycles. The number of aliphatic hydroxyl groups is 1. The number of piperidine rings is 2. The number of cyclic esters (lactones) is 1. The summed E-state index contributed by atoms with van der Waals surface area (Å²) in [4.78, 5) is 17.5. The highest BCUT2D eigenvalue weighted by molar-refractivity contribution is 5.79. The van der Waals surface area contributed by atoms with E-state index in [1.807, 2.05) is 0 Å². The molecule has 0 amide bonds. The molecule has 1 unspecified atom stereocenters. The molecule has 1 atom stereocenters. The second-order valence-corrected chi connectivity index (χ2v) is 8.62. The standard InChI is InChI=1S/C22H32N2O3/c25-19-7-12-24(13-8-19)17-20-16-22(21(26)27-20)9-14-23(15-10-22)11-6-18-4-2-1-3-5-18/h1-5,19-20,25H,6-17H2. The minimum Gasteiger partial charge on any atom is -0.461 e. The molecule has 0 radical (unpaired) electrons. The zero-order valence-corrected chi connectivity index (χ0v) is 16.2. The van der Waals surface area contributed by atoms with Crippen LogP contribution in [0.3, 0.4) is 0 Å². The summed E-state index contributed by atoms with van der Waals surface area (Å²) in [7, 11) is 0. The predicted molar refractivity (Wildman–Crippen MR) is 104 cm³/mol. The molecule has 1 N–H and O–H groups in total. The Bertz CT molecular complexity index is 620. The van der Waals surface area contributed by atoms with Crippen LogP contribution in [0.1, 0.15) is 37.7 Å². The van der Waals surface area contributed by atoms with Crippen molar-refractivity contribution in [1.82, 2.24) is 9.80 Å². The fourth-order valence-electron chi connectivity index (χ4n) is 4.87. The molecule has 1 aromatic carbocycles. The van der Waals surface area contributed by atoms with Gasteiger partial charge in [-0.1, -0.05) is 30.3 Å². The first-order valence-corrected chi connectivity index (χ1v) is 10.5. The summed E-state index contributed by atoms with van der Waals surface area (Å²) in [6.07, 6.45) is 5.34. The van der Waals surface area contributed by atoms with Crippen molar-refractivity contribution in [3.05, 3.63) is 35.9 Å².